The molecule has 15 heavy (non-hydrogen) atoms. The SMILES string of the molecule is Nc1nnc(SCCCC2CCCO2)s1. The van der Waals surface area contributed by atoms with E-state index in [1.54, 1.807) is 11.8 Å². The van der Waals surface area contributed by atoms with Crippen molar-refractivity contribution in [3.8, 4) is 0 Å². The summed E-state index contributed by atoms with van der Waals surface area (Å²) < 4.78 is 6.53. The first-order valence-corrected chi connectivity index (χ1v) is 6.98. The number of nitrogens with two attached hydrogens (primary N) is 1. The Balaban J connectivity index is 1.58. The van der Waals surface area contributed by atoms with Gasteiger partial charge in [-0.1, -0.05) is 23.1 Å². The van der Waals surface area contributed by atoms with Gasteiger partial charge in [0.2, 0.25) is 5.13 Å². The van der Waals surface area contributed by atoms with Crippen molar-refractivity contribution in [1.82, 2.24) is 10.2 Å². The van der Waals surface area contributed by atoms with Crippen LogP contribution >= 0.6 is 23.1 Å². The van der Waals surface area contributed by atoms with Gasteiger partial charge in [-0.3, -0.25) is 0 Å². The normalized spacial score (nSPS) is 20.9. The summed E-state index contributed by atoms with van der Waals surface area (Å²) >= 11 is 3.19. The van der Waals surface area contributed by atoms with E-state index in [4.69, 9.17) is 10.5 Å². The second-order valence-corrected chi connectivity index (χ2v) is 5.88. The van der Waals surface area contributed by atoms with Gasteiger partial charge in [0.25, 0.3) is 0 Å². The van der Waals surface area contributed by atoms with Crippen LogP contribution in [0.5, 0.6) is 0 Å². The molecule has 1 unspecified atom stereocenters. The van der Waals surface area contributed by atoms with Gasteiger partial charge in [-0.15, -0.1) is 10.2 Å². The van der Waals surface area contributed by atoms with Crippen LogP contribution in [0.15, 0.2) is 4.34 Å². The lowest BCUT2D eigenvalue weighted by Crippen LogP contribution is -2.04. The maximum absolute atomic E-state index is 5.55. The lowest BCUT2D eigenvalue weighted by atomic mass is 10.1. The Bertz CT molecular complexity index is 299. The Kier molecular flexibility index (Phi) is 4.22. The third-order valence-corrected chi connectivity index (χ3v) is 4.31. The van der Waals surface area contributed by atoms with Crippen molar-refractivity contribution < 1.29 is 4.74 Å². The quantitative estimate of drug-likeness (QED) is 0.636. The van der Waals surface area contributed by atoms with E-state index in [1.807, 2.05) is 0 Å². The van der Waals surface area contributed by atoms with Gasteiger partial charge in [0.15, 0.2) is 4.34 Å². The first-order chi connectivity index (χ1) is 7.34. The van der Waals surface area contributed by atoms with E-state index >= 15 is 0 Å². The molecule has 2 rings (SSSR count). The lowest BCUT2D eigenvalue weighted by molar-refractivity contribution is 0.104. The van der Waals surface area contributed by atoms with Gasteiger partial charge in [-0.05, 0) is 25.7 Å². The molecular weight excluding hydrogens is 230 g/mol. The maximum atomic E-state index is 5.55. The molecule has 0 radical (unpaired) electrons. The standard InChI is InChI=1S/C9H15N3OS2/c10-8-11-12-9(15-8)14-6-2-4-7-3-1-5-13-7/h7H,1-6H2,(H2,10,11). The molecule has 0 spiro atoms. The number of hydrogen-bond acceptors (Lipinski definition) is 6. The number of nitrogen functional groups attached to an aromatic ring is 1. The summed E-state index contributed by atoms with van der Waals surface area (Å²) in [7, 11) is 0. The molecule has 2 heterocycles. The predicted molar refractivity (Wildman–Crippen MR) is 63.3 cm³/mol. The Hall–Kier alpha value is -0.330. The first kappa shape index (κ1) is 11.2. The summed E-state index contributed by atoms with van der Waals surface area (Å²) in [6.07, 6.45) is 5.31. The van der Waals surface area contributed by atoms with Crippen molar-refractivity contribution >= 4 is 28.2 Å². The molecule has 1 aromatic heterocycles. The fraction of sp³-hybridized carbons (Fsp3) is 0.778. The number of aromatic nitrogens is 2. The van der Waals surface area contributed by atoms with E-state index in [-0.39, 0.29) is 0 Å². The summed E-state index contributed by atoms with van der Waals surface area (Å²) in [4.78, 5) is 0. The maximum Gasteiger partial charge on any atom is 0.203 e. The molecule has 4 nitrogen and oxygen atoms in total. The van der Waals surface area contributed by atoms with Crippen LogP contribution in [-0.2, 0) is 4.74 Å². The topological polar surface area (TPSA) is 61.0 Å². The molecule has 84 valence electrons. The van der Waals surface area contributed by atoms with Crippen molar-refractivity contribution in [3.05, 3.63) is 0 Å². The third kappa shape index (κ3) is 3.62. The van der Waals surface area contributed by atoms with Gasteiger partial charge in [0, 0.05) is 12.4 Å². The van der Waals surface area contributed by atoms with Gasteiger partial charge < -0.3 is 10.5 Å². The minimum atomic E-state index is 0.505. The summed E-state index contributed by atoms with van der Waals surface area (Å²) in [5.41, 5.74) is 5.49. The zero-order chi connectivity index (χ0) is 10.5. The van der Waals surface area contributed by atoms with Crippen LogP contribution in [0.1, 0.15) is 25.7 Å². The fourth-order valence-electron chi connectivity index (χ4n) is 1.62. The Morgan fingerprint density at radius 2 is 2.47 bits per heavy atom. The van der Waals surface area contributed by atoms with E-state index in [0.717, 1.165) is 16.7 Å². The molecule has 0 aromatic carbocycles. The molecule has 1 aliphatic rings. The van der Waals surface area contributed by atoms with Crippen LogP contribution < -0.4 is 5.73 Å². The van der Waals surface area contributed by atoms with E-state index in [0.29, 0.717) is 11.2 Å². The fourth-order valence-corrected chi connectivity index (χ4v) is 3.29. The predicted octanol–water partition coefficient (Wildman–Crippen LogP) is 2.17. The highest BCUT2D eigenvalue weighted by atomic mass is 32.2. The molecule has 1 atom stereocenters. The molecule has 0 saturated carbocycles. The van der Waals surface area contributed by atoms with Crippen LogP contribution in [0.3, 0.4) is 0 Å². The zero-order valence-corrected chi connectivity index (χ0v) is 10.1. The summed E-state index contributed by atoms with van der Waals surface area (Å²) in [5.74, 6) is 1.08. The molecular formula is C9H15N3OS2. The van der Waals surface area contributed by atoms with Crippen LogP contribution in [-0.4, -0.2) is 28.7 Å². The van der Waals surface area contributed by atoms with E-state index in [9.17, 15) is 0 Å². The van der Waals surface area contributed by atoms with Crippen LogP contribution in [0, 0.1) is 0 Å². The Morgan fingerprint density at radius 3 is 3.13 bits per heavy atom. The monoisotopic (exact) mass is 245 g/mol. The highest BCUT2D eigenvalue weighted by Crippen LogP contribution is 2.25. The highest BCUT2D eigenvalue weighted by Gasteiger charge is 2.14. The van der Waals surface area contributed by atoms with Crippen molar-refractivity contribution in [2.24, 2.45) is 0 Å². The van der Waals surface area contributed by atoms with Crippen LogP contribution in [0.2, 0.25) is 0 Å². The van der Waals surface area contributed by atoms with Gasteiger partial charge >= 0.3 is 0 Å². The highest BCUT2D eigenvalue weighted by molar-refractivity contribution is 8.01. The molecule has 1 fully saturated rings. The number of ether oxygens (including phenoxy) is 1. The number of rotatable bonds is 5. The van der Waals surface area contributed by atoms with Crippen molar-refractivity contribution in [2.45, 2.75) is 36.1 Å². The minimum absolute atomic E-state index is 0.505. The molecule has 0 bridgehead atoms. The van der Waals surface area contributed by atoms with Crippen LogP contribution in [0.25, 0.3) is 0 Å². The van der Waals surface area contributed by atoms with E-state index < -0.39 is 0 Å². The lowest BCUT2D eigenvalue weighted by Gasteiger charge is -2.07. The number of thioether (sulfide) groups is 1. The zero-order valence-electron chi connectivity index (χ0n) is 8.52. The van der Waals surface area contributed by atoms with Crippen molar-refractivity contribution in [2.75, 3.05) is 18.1 Å². The molecule has 1 saturated heterocycles. The van der Waals surface area contributed by atoms with Gasteiger partial charge in [-0.2, -0.15) is 0 Å². The average molecular weight is 245 g/mol. The van der Waals surface area contributed by atoms with Crippen LogP contribution in [0.4, 0.5) is 5.13 Å². The number of anilines is 1. The summed E-state index contributed by atoms with van der Waals surface area (Å²) in [6.45, 7) is 0.949. The van der Waals surface area contributed by atoms with Crippen molar-refractivity contribution in [1.29, 1.82) is 0 Å². The molecule has 0 aliphatic carbocycles. The van der Waals surface area contributed by atoms with Gasteiger partial charge in [0.1, 0.15) is 0 Å². The van der Waals surface area contributed by atoms with Gasteiger partial charge in [0.05, 0.1) is 6.10 Å². The summed E-state index contributed by atoms with van der Waals surface area (Å²) in [5, 5.41) is 8.29. The molecule has 1 aliphatic heterocycles. The van der Waals surface area contributed by atoms with Gasteiger partial charge in [-0.25, -0.2) is 0 Å². The molecule has 6 heteroatoms. The molecule has 1 aromatic rings. The third-order valence-electron chi connectivity index (χ3n) is 2.34. The van der Waals surface area contributed by atoms with Crippen molar-refractivity contribution in [3.63, 3.8) is 0 Å². The minimum Gasteiger partial charge on any atom is -0.378 e. The van der Waals surface area contributed by atoms with E-state index in [1.165, 1.54) is 37.0 Å². The molecule has 2 N–H and O–H groups in total. The average Bonchev–Trinajstić information content (AvgIpc) is 2.84. The summed E-state index contributed by atoms with van der Waals surface area (Å²) in [6, 6.07) is 0. The Morgan fingerprint density at radius 1 is 1.53 bits per heavy atom. The van der Waals surface area contributed by atoms with E-state index in [2.05, 4.69) is 10.2 Å². The smallest absolute Gasteiger partial charge is 0.203 e. The largest absolute Gasteiger partial charge is 0.378 e. The Labute approximate surface area is 97.6 Å². The first-order valence-electron chi connectivity index (χ1n) is 5.18. The number of hydrogen-bond donors (Lipinski definition) is 1. The second kappa shape index (κ2) is 5.67. The molecule has 0 amide bonds. The number of nitrogens with zero attached hydrogens (tertiary/aromatic N) is 2. The second-order valence-electron chi connectivity index (χ2n) is 3.53.